The first-order valence-electron chi connectivity index (χ1n) is 11.3. The van der Waals surface area contributed by atoms with E-state index in [0.717, 1.165) is 0 Å². The third-order valence-electron chi connectivity index (χ3n) is 6.73. The first-order chi connectivity index (χ1) is 17.5. The number of fused-ring (bicyclic) bond motifs is 1. The Bertz CT molecular complexity index is 1570. The molecule has 2 aliphatic carbocycles. The van der Waals surface area contributed by atoms with Gasteiger partial charge in [0.2, 0.25) is 0 Å². The van der Waals surface area contributed by atoms with Crippen LogP contribution < -0.4 is 10.3 Å². The largest absolute Gasteiger partial charge is 0.495 e. The molecule has 5 rings (SSSR count). The molecule has 0 spiro atoms. The number of ether oxygens (including phenoxy) is 1. The number of alkyl halides is 4. The van der Waals surface area contributed by atoms with Crippen molar-refractivity contribution < 1.29 is 35.2 Å². The SMILES string of the molecule is COC1=C(n2c(=O)ccc3cc(S(=O)(=O)Nc4ccon4)ccc32)CC(F)C(C2CC(C(F)(F)F)C2)=C1. The van der Waals surface area contributed by atoms with Gasteiger partial charge in [-0.15, -0.1) is 0 Å². The van der Waals surface area contributed by atoms with E-state index < -0.39 is 39.8 Å². The van der Waals surface area contributed by atoms with Crippen LogP contribution in [0.3, 0.4) is 0 Å². The van der Waals surface area contributed by atoms with Gasteiger partial charge < -0.3 is 9.26 Å². The normalized spacial score (nSPS) is 22.5. The second-order valence-electron chi connectivity index (χ2n) is 8.96. The van der Waals surface area contributed by atoms with Crippen molar-refractivity contribution in [1.82, 2.24) is 9.72 Å². The summed E-state index contributed by atoms with van der Waals surface area (Å²) < 4.78 is 93.1. The molecule has 0 aliphatic heterocycles. The zero-order chi connectivity index (χ0) is 26.5. The van der Waals surface area contributed by atoms with Crippen molar-refractivity contribution in [3.63, 3.8) is 0 Å². The maximum atomic E-state index is 15.3. The van der Waals surface area contributed by atoms with E-state index in [2.05, 4.69) is 14.4 Å². The lowest BCUT2D eigenvalue weighted by Crippen LogP contribution is -2.39. The van der Waals surface area contributed by atoms with Crippen molar-refractivity contribution in [3.8, 4) is 0 Å². The Hall–Kier alpha value is -3.61. The number of sulfonamides is 1. The molecular weight excluding hydrogens is 518 g/mol. The van der Waals surface area contributed by atoms with Crippen molar-refractivity contribution in [2.24, 2.45) is 11.8 Å². The van der Waals surface area contributed by atoms with Crippen molar-refractivity contribution >= 4 is 32.4 Å². The zero-order valence-corrected chi connectivity index (χ0v) is 20.1. The molecule has 196 valence electrons. The Morgan fingerprint density at radius 2 is 1.92 bits per heavy atom. The summed E-state index contributed by atoms with van der Waals surface area (Å²) in [4.78, 5) is 12.8. The van der Waals surface area contributed by atoms with Crippen LogP contribution in [0.2, 0.25) is 0 Å². The molecule has 2 aliphatic rings. The van der Waals surface area contributed by atoms with Gasteiger partial charge in [-0.1, -0.05) is 5.16 Å². The van der Waals surface area contributed by atoms with Gasteiger partial charge >= 0.3 is 6.18 Å². The molecule has 2 heterocycles. The van der Waals surface area contributed by atoms with Crippen LogP contribution in [0.5, 0.6) is 0 Å². The minimum absolute atomic E-state index is 0.00763. The first-order valence-corrected chi connectivity index (χ1v) is 12.7. The minimum Gasteiger partial charge on any atom is -0.495 e. The van der Waals surface area contributed by atoms with Gasteiger partial charge in [-0.05, 0) is 54.7 Å². The summed E-state index contributed by atoms with van der Waals surface area (Å²) >= 11 is 0. The number of anilines is 1. The van der Waals surface area contributed by atoms with E-state index in [-0.39, 0.29) is 47.0 Å². The Labute approximate surface area is 208 Å². The topological polar surface area (TPSA) is 103 Å². The van der Waals surface area contributed by atoms with Crippen molar-refractivity contribution in [1.29, 1.82) is 0 Å². The molecule has 1 atom stereocenters. The first kappa shape index (κ1) is 25.1. The summed E-state index contributed by atoms with van der Waals surface area (Å²) in [5, 5.41) is 3.90. The quantitative estimate of drug-likeness (QED) is 0.449. The van der Waals surface area contributed by atoms with Gasteiger partial charge in [0.05, 0.1) is 29.1 Å². The Kier molecular flexibility index (Phi) is 6.13. The summed E-state index contributed by atoms with van der Waals surface area (Å²) in [5.74, 6) is -1.85. The Morgan fingerprint density at radius 1 is 1.16 bits per heavy atom. The van der Waals surface area contributed by atoms with E-state index in [1.54, 1.807) is 0 Å². The molecule has 0 radical (unpaired) electrons. The molecule has 2 aromatic heterocycles. The molecule has 3 aromatic rings. The number of benzene rings is 1. The van der Waals surface area contributed by atoms with Crippen LogP contribution >= 0.6 is 0 Å². The number of nitrogens with one attached hydrogen (secondary N) is 1. The smallest absolute Gasteiger partial charge is 0.391 e. The van der Waals surface area contributed by atoms with Gasteiger partial charge in [0.1, 0.15) is 18.2 Å². The number of pyridine rings is 1. The van der Waals surface area contributed by atoms with E-state index in [4.69, 9.17) is 4.74 Å². The van der Waals surface area contributed by atoms with E-state index in [0.29, 0.717) is 10.9 Å². The monoisotopic (exact) mass is 539 g/mol. The molecule has 0 bridgehead atoms. The lowest BCUT2D eigenvalue weighted by atomic mass is 9.68. The van der Waals surface area contributed by atoms with E-state index in [1.165, 1.54) is 60.4 Å². The molecule has 1 unspecified atom stereocenters. The highest BCUT2D eigenvalue weighted by Crippen LogP contribution is 2.50. The second kappa shape index (κ2) is 9.05. The molecule has 1 fully saturated rings. The van der Waals surface area contributed by atoms with Gasteiger partial charge in [-0.2, -0.15) is 13.2 Å². The number of methoxy groups -OCH3 is 1. The minimum atomic E-state index is -4.31. The van der Waals surface area contributed by atoms with Gasteiger partial charge in [-0.3, -0.25) is 14.1 Å². The summed E-state index contributed by atoms with van der Waals surface area (Å²) in [6, 6.07) is 8.05. The predicted octanol–water partition coefficient (Wildman–Crippen LogP) is 4.86. The molecule has 8 nitrogen and oxygen atoms in total. The van der Waals surface area contributed by atoms with Crippen LogP contribution in [0.15, 0.2) is 74.3 Å². The molecule has 1 aromatic carbocycles. The van der Waals surface area contributed by atoms with Crippen LogP contribution in [0.1, 0.15) is 19.3 Å². The van der Waals surface area contributed by atoms with Crippen LogP contribution in [-0.2, 0) is 14.8 Å². The van der Waals surface area contributed by atoms with Gasteiger partial charge in [0.15, 0.2) is 5.82 Å². The second-order valence-corrected chi connectivity index (χ2v) is 10.6. The number of nitrogens with zero attached hydrogens (tertiary/aromatic N) is 2. The fourth-order valence-corrected chi connectivity index (χ4v) is 5.78. The van der Waals surface area contributed by atoms with Crippen LogP contribution in [-0.4, -0.2) is 37.6 Å². The van der Waals surface area contributed by atoms with Crippen molar-refractivity contribution in [2.75, 3.05) is 11.8 Å². The van der Waals surface area contributed by atoms with Crippen LogP contribution in [0.4, 0.5) is 23.4 Å². The fraction of sp³-hybridized carbons (Fsp3) is 0.333. The summed E-state index contributed by atoms with van der Waals surface area (Å²) in [7, 11) is -2.69. The average molecular weight is 540 g/mol. The number of halogens is 4. The van der Waals surface area contributed by atoms with Crippen LogP contribution in [0.25, 0.3) is 16.6 Å². The summed E-state index contributed by atoms with van der Waals surface area (Å²) in [6.45, 7) is 0. The van der Waals surface area contributed by atoms with E-state index >= 15 is 4.39 Å². The zero-order valence-electron chi connectivity index (χ0n) is 19.3. The molecule has 13 heteroatoms. The van der Waals surface area contributed by atoms with E-state index in [9.17, 15) is 26.4 Å². The highest BCUT2D eigenvalue weighted by atomic mass is 32.2. The van der Waals surface area contributed by atoms with Crippen molar-refractivity contribution in [3.05, 3.63) is 70.4 Å². The molecular formula is C24H21F4N3O5S. The summed E-state index contributed by atoms with van der Waals surface area (Å²) in [5.41, 5.74) is 0.222. The maximum absolute atomic E-state index is 15.3. The maximum Gasteiger partial charge on any atom is 0.391 e. The van der Waals surface area contributed by atoms with Gasteiger partial charge in [0.25, 0.3) is 15.6 Å². The number of hydrogen-bond donors (Lipinski definition) is 1. The number of aromatic nitrogens is 2. The highest BCUT2D eigenvalue weighted by Gasteiger charge is 2.50. The lowest BCUT2D eigenvalue weighted by Gasteiger charge is -2.40. The molecule has 0 saturated heterocycles. The third kappa shape index (κ3) is 4.63. The standard InChI is InChI=1S/C24H21F4N3O5S/c1-35-21-11-17(14-8-15(9-14)24(26,27)28)18(25)12-20(21)31-19-4-3-16(10-13(19)2-5-23(31)32)37(33,34)30-22-6-7-36-29-22/h2-7,10-11,14-15,18H,8-9,12H2,1H3,(H,29,30). The molecule has 1 saturated carbocycles. The number of rotatable bonds is 6. The van der Waals surface area contributed by atoms with Crippen molar-refractivity contribution in [2.45, 2.75) is 36.5 Å². The molecule has 37 heavy (non-hydrogen) atoms. The lowest BCUT2D eigenvalue weighted by molar-refractivity contribution is -0.202. The molecule has 0 amide bonds. The van der Waals surface area contributed by atoms with Crippen LogP contribution in [0, 0.1) is 11.8 Å². The third-order valence-corrected chi connectivity index (χ3v) is 8.08. The highest BCUT2D eigenvalue weighted by molar-refractivity contribution is 7.92. The average Bonchev–Trinajstić information content (AvgIpc) is 3.30. The van der Waals surface area contributed by atoms with Gasteiger partial charge in [0, 0.05) is 23.9 Å². The Balaban J connectivity index is 1.53. The predicted molar refractivity (Wildman–Crippen MR) is 126 cm³/mol. The number of allylic oxidation sites excluding steroid dienone is 3. The van der Waals surface area contributed by atoms with E-state index in [1.807, 2.05) is 0 Å². The summed E-state index contributed by atoms with van der Waals surface area (Å²) in [6.07, 6.45) is -3.97. The fourth-order valence-electron chi connectivity index (χ4n) is 4.75. The number of hydrogen-bond acceptors (Lipinski definition) is 6. The molecule has 1 N–H and O–H groups in total. The van der Waals surface area contributed by atoms with Gasteiger partial charge in [-0.25, -0.2) is 12.8 Å². The Morgan fingerprint density at radius 3 is 2.57 bits per heavy atom.